The van der Waals surface area contributed by atoms with Crippen LogP contribution in [-0.2, 0) is 9.59 Å². The Morgan fingerprint density at radius 3 is 2.45 bits per heavy atom. The average molecular weight is 273 g/mol. The SMILES string of the molecule is CC(=O)c1ccc(N/C=C/C(=O)CC(C)CC=O)cc1. The van der Waals surface area contributed by atoms with Gasteiger partial charge in [0.2, 0.25) is 0 Å². The fourth-order valence-electron chi connectivity index (χ4n) is 1.69. The molecule has 0 bridgehead atoms. The van der Waals surface area contributed by atoms with Gasteiger partial charge >= 0.3 is 0 Å². The van der Waals surface area contributed by atoms with Crippen molar-refractivity contribution in [2.24, 2.45) is 5.92 Å². The van der Waals surface area contributed by atoms with Crippen molar-refractivity contribution in [2.75, 3.05) is 5.32 Å². The van der Waals surface area contributed by atoms with E-state index in [1.165, 1.54) is 13.0 Å². The zero-order valence-corrected chi connectivity index (χ0v) is 11.8. The summed E-state index contributed by atoms with van der Waals surface area (Å²) in [5.41, 5.74) is 1.46. The molecular formula is C16H19NO3. The van der Waals surface area contributed by atoms with Crippen LogP contribution in [0.25, 0.3) is 0 Å². The average Bonchev–Trinajstić information content (AvgIpc) is 2.39. The van der Waals surface area contributed by atoms with Gasteiger partial charge in [0.1, 0.15) is 6.29 Å². The molecular weight excluding hydrogens is 254 g/mol. The minimum atomic E-state index is -0.0211. The second-order valence-electron chi connectivity index (χ2n) is 4.79. The molecule has 106 valence electrons. The molecule has 0 saturated carbocycles. The van der Waals surface area contributed by atoms with Crippen LogP contribution in [0.1, 0.15) is 37.0 Å². The summed E-state index contributed by atoms with van der Waals surface area (Å²) in [5, 5.41) is 2.96. The van der Waals surface area contributed by atoms with Gasteiger partial charge in [-0.3, -0.25) is 9.59 Å². The molecule has 1 aromatic carbocycles. The van der Waals surface area contributed by atoms with Gasteiger partial charge in [-0.05, 0) is 43.2 Å². The molecule has 1 aromatic rings. The van der Waals surface area contributed by atoms with Crippen molar-refractivity contribution in [2.45, 2.75) is 26.7 Å². The Labute approximate surface area is 118 Å². The standard InChI is InChI=1S/C16H19NO3/c1-12(8-10-18)11-16(20)7-9-17-15-5-3-14(4-6-15)13(2)19/h3-7,9-10,12,17H,8,11H2,1-2H3/b9-7+. The minimum absolute atomic E-state index is 0.0198. The van der Waals surface area contributed by atoms with Crippen LogP contribution in [0.4, 0.5) is 5.69 Å². The zero-order chi connectivity index (χ0) is 15.0. The van der Waals surface area contributed by atoms with Gasteiger partial charge in [0, 0.05) is 30.3 Å². The third kappa shape index (κ3) is 5.61. The second-order valence-corrected chi connectivity index (χ2v) is 4.79. The topological polar surface area (TPSA) is 63.2 Å². The van der Waals surface area contributed by atoms with Crippen LogP contribution in [0.15, 0.2) is 36.5 Å². The molecule has 0 spiro atoms. The van der Waals surface area contributed by atoms with Gasteiger partial charge < -0.3 is 10.1 Å². The zero-order valence-electron chi connectivity index (χ0n) is 11.8. The van der Waals surface area contributed by atoms with E-state index in [0.717, 1.165) is 12.0 Å². The summed E-state index contributed by atoms with van der Waals surface area (Å²) >= 11 is 0. The largest absolute Gasteiger partial charge is 0.362 e. The molecule has 0 aliphatic heterocycles. The highest BCUT2D eigenvalue weighted by atomic mass is 16.1. The van der Waals surface area contributed by atoms with Crippen LogP contribution in [0.5, 0.6) is 0 Å². The molecule has 0 radical (unpaired) electrons. The maximum Gasteiger partial charge on any atom is 0.159 e. The normalized spacial score (nSPS) is 12.1. The summed E-state index contributed by atoms with van der Waals surface area (Å²) in [6.45, 7) is 3.38. The third-order valence-electron chi connectivity index (χ3n) is 2.86. The molecule has 4 heteroatoms. The number of nitrogens with one attached hydrogen (secondary N) is 1. The van der Waals surface area contributed by atoms with E-state index in [9.17, 15) is 14.4 Å². The number of Topliss-reactive ketones (excluding diaryl/α,β-unsaturated/α-hetero) is 1. The lowest BCUT2D eigenvalue weighted by molar-refractivity contribution is -0.115. The Morgan fingerprint density at radius 2 is 1.90 bits per heavy atom. The Morgan fingerprint density at radius 1 is 1.25 bits per heavy atom. The molecule has 0 fully saturated rings. The molecule has 1 N–H and O–H groups in total. The van der Waals surface area contributed by atoms with Crippen molar-refractivity contribution < 1.29 is 14.4 Å². The van der Waals surface area contributed by atoms with Crippen molar-refractivity contribution in [3.05, 3.63) is 42.1 Å². The molecule has 0 amide bonds. The quantitative estimate of drug-likeness (QED) is 0.449. The van der Waals surface area contributed by atoms with Crippen LogP contribution >= 0.6 is 0 Å². The lowest BCUT2D eigenvalue weighted by Gasteiger charge is -2.04. The fourth-order valence-corrected chi connectivity index (χ4v) is 1.69. The lowest BCUT2D eigenvalue weighted by atomic mass is 10.0. The highest BCUT2D eigenvalue weighted by Crippen LogP contribution is 2.10. The fraction of sp³-hybridized carbons (Fsp3) is 0.312. The van der Waals surface area contributed by atoms with E-state index in [2.05, 4.69) is 5.32 Å². The summed E-state index contributed by atoms with van der Waals surface area (Å²) in [6, 6.07) is 7.01. The predicted molar refractivity (Wildman–Crippen MR) is 78.7 cm³/mol. The summed E-state index contributed by atoms with van der Waals surface area (Å²) in [6.07, 6.45) is 4.62. The molecule has 1 unspecified atom stereocenters. The maximum atomic E-state index is 11.6. The molecule has 0 saturated heterocycles. The molecule has 20 heavy (non-hydrogen) atoms. The Balaban J connectivity index is 2.45. The number of anilines is 1. The molecule has 0 aliphatic rings. The summed E-state index contributed by atoms with van der Waals surface area (Å²) in [5.74, 6) is 0.0677. The van der Waals surface area contributed by atoms with E-state index in [1.54, 1.807) is 30.5 Å². The number of benzene rings is 1. The van der Waals surface area contributed by atoms with Crippen LogP contribution in [0.3, 0.4) is 0 Å². The summed E-state index contributed by atoms with van der Waals surface area (Å²) in [7, 11) is 0. The van der Waals surface area contributed by atoms with E-state index < -0.39 is 0 Å². The van der Waals surface area contributed by atoms with Gasteiger partial charge in [-0.25, -0.2) is 0 Å². The Kier molecular flexibility index (Phi) is 6.37. The Bertz CT molecular complexity index is 503. The van der Waals surface area contributed by atoms with E-state index in [0.29, 0.717) is 18.4 Å². The molecule has 4 nitrogen and oxygen atoms in total. The lowest BCUT2D eigenvalue weighted by Crippen LogP contribution is -2.04. The van der Waals surface area contributed by atoms with E-state index in [1.807, 2.05) is 6.92 Å². The van der Waals surface area contributed by atoms with Gasteiger partial charge in [-0.2, -0.15) is 0 Å². The van der Waals surface area contributed by atoms with Crippen molar-refractivity contribution in [1.82, 2.24) is 0 Å². The monoisotopic (exact) mass is 273 g/mol. The summed E-state index contributed by atoms with van der Waals surface area (Å²) < 4.78 is 0. The number of ketones is 2. The first-order valence-corrected chi connectivity index (χ1v) is 6.53. The summed E-state index contributed by atoms with van der Waals surface area (Å²) in [4.78, 5) is 33.0. The van der Waals surface area contributed by atoms with Crippen LogP contribution in [0, 0.1) is 5.92 Å². The molecule has 0 aliphatic carbocycles. The van der Waals surface area contributed by atoms with Crippen LogP contribution in [-0.4, -0.2) is 17.9 Å². The third-order valence-corrected chi connectivity index (χ3v) is 2.86. The first kappa shape index (κ1) is 15.8. The minimum Gasteiger partial charge on any atom is -0.362 e. The number of carbonyl (C=O) groups is 3. The second kappa shape index (κ2) is 8.04. The predicted octanol–water partition coefficient (Wildman–Crippen LogP) is 3.00. The van der Waals surface area contributed by atoms with Crippen molar-refractivity contribution in [1.29, 1.82) is 0 Å². The maximum absolute atomic E-state index is 11.6. The highest BCUT2D eigenvalue weighted by Gasteiger charge is 2.05. The van der Waals surface area contributed by atoms with E-state index >= 15 is 0 Å². The van der Waals surface area contributed by atoms with Gasteiger partial charge in [-0.1, -0.05) is 6.92 Å². The smallest absolute Gasteiger partial charge is 0.159 e. The van der Waals surface area contributed by atoms with Gasteiger partial charge in [0.05, 0.1) is 0 Å². The van der Waals surface area contributed by atoms with Crippen molar-refractivity contribution in [3.63, 3.8) is 0 Å². The van der Waals surface area contributed by atoms with E-state index in [-0.39, 0.29) is 17.5 Å². The molecule has 1 rings (SSSR count). The molecule has 0 heterocycles. The first-order chi connectivity index (χ1) is 9.52. The number of carbonyl (C=O) groups excluding carboxylic acids is 3. The number of aldehydes is 1. The first-order valence-electron chi connectivity index (χ1n) is 6.53. The molecule has 1 atom stereocenters. The van der Waals surface area contributed by atoms with Gasteiger partial charge in [0.25, 0.3) is 0 Å². The highest BCUT2D eigenvalue weighted by molar-refractivity contribution is 5.94. The van der Waals surface area contributed by atoms with Gasteiger partial charge in [-0.15, -0.1) is 0 Å². The van der Waals surface area contributed by atoms with Crippen molar-refractivity contribution in [3.8, 4) is 0 Å². The molecule has 0 aromatic heterocycles. The van der Waals surface area contributed by atoms with Crippen LogP contribution in [0.2, 0.25) is 0 Å². The number of rotatable bonds is 8. The Hall–Kier alpha value is -2.23. The number of allylic oxidation sites excluding steroid dienone is 1. The number of hydrogen-bond donors (Lipinski definition) is 1. The van der Waals surface area contributed by atoms with Gasteiger partial charge in [0.15, 0.2) is 11.6 Å². The van der Waals surface area contributed by atoms with E-state index in [4.69, 9.17) is 0 Å². The van der Waals surface area contributed by atoms with Crippen molar-refractivity contribution >= 4 is 23.5 Å². The number of hydrogen-bond acceptors (Lipinski definition) is 4. The van der Waals surface area contributed by atoms with Crippen LogP contribution < -0.4 is 5.32 Å².